The summed E-state index contributed by atoms with van der Waals surface area (Å²) in [5.74, 6) is -0.222. The highest BCUT2D eigenvalue weighted by Crippen LogP contribution is 2.22. The molecule has 0 saturated carbocycles. The highest BCUT2D eigenvalue weighted by atomic mass is 16.6. The molecule has 0 spiro atoms. The molecule has 0 aromatic heterocycles. The fourth-order valence-corrected chi connectivity index (χ4v) is 2.87. The molecule has 0 bridgehead atoms. The lowest BCUT2D eigenvalue weighted by Gasteiger charge is -2.33. The number of para-hydroxylation sites is 1. The van der Waals surface area contributed by atoms with Crippen LogP contribution in [0.15, 0.2) is 24.3 Å². The van der Waals surface area contributed by atoms with E-state index in [4.69, 9.17) is 4.74 Å². The second kappa shape index (κ2) is 7.69. The van der Waals surface area contributed by atoms with E-state index in [-0.39, 0.29) is 17.9 Å². The van der Waals surface area contributed by atoms with Crippen LogP contribution in [0, 0.1) is 5.92 Å². The van der Waals surface area contributed by atoms with Gasteiger partial charge in [0.25, 0.3) is 0 Å². The van der Waals surface area contributed by atoms with E-state index in [2.05, 4.69) is 12.2 Å². The molecule has 1 aromatic carbocycles. The van der Waals surface area contributed by atoms with Gasteiger partial charge in [-0.15, -0.1) is 0 Å². The highest BCUT2D eigenvalue weighted by molar-refractivity contribution is 5.93. The third-order valence-electron chi connectivity index (χ3n) is 4.10. The monoisotopic (exact) mass is 332 g/mol. The predicted octanol–water partition coefficient (Wildman–Crippen LogP) is 3.83. The zero-order chi connectivity index (χ0) is 17.7. The van der Waals surface area contributed by atoms with Crippen molar-refractivity contribution in [3.63, 3.8) is 0 Å². The number of piperidine rings is 1. The zero-order valence-corrected chi connectivity index (χ0v) is 15.1. The first-order valence-corrected chi connectivity index (χ1v) is 8.67. The Hall–Kier alpha value is -2.04. The van der Waals surface area contributed by atoms with Crippen LogP contribution in [-0.2, 0) is 16.0 Å². The van der Waals surface area contributed by atoms with Crippen molar-refractivity contribution in [2.45, 2.75) is 52.6 Å². The van der Waals surface area contributed by atoms with Crippen molar-refractivity contribution in [1.29, 1.82) is 0 Å². The molecule has 1 N–H and O–H groups in total. The molecule has 1 aromatic rings. The van der Waals surface area contributed by atoms with E-state index in [0.717, 1.165) is 30.5 Å². The van der Waals surface area contributed by atoms with Gasteiger partial charge in [-0.2, -0.15) is 0 Å². The van der Waals surface area contributed by atoms with Gasteiger partial charge in [0.05, 0.1) is 5.92 Å². The van der Waals surface area contributed by atoms with E-state index in [1.165, 1.54) is 0 Å². The van der Waals surface area contributed by atoms with Crippen molar-refractivity contribution in [1.82, 2.24) is 4.90 Å². The van der Waals surface area contributed by atoms with Gasteiger partial charge in [-0.1, -0.05) is 25.1 Å². The smallest absolute Gasteiger partial charge is 0.410 e. The van der Waals surface area contributed by atoms with Crippen LogP contribution in [0.5, 0.6) is 0 Å². The highest BCUT2D eigenvalue weighted by Gasteiger charge is 2.31. The number of benzene rings is 1. The zero-order valence-electron chi connectivity index (χ0n) is 15.1. The number of likely N-dealkylation sites (tertiary alicyclic amines) is 1. The number of amides is 2. The molecule has 24 heavy (non-hydrogen) atoms. The summed E-state index contributed by atoms with van der Waals surface area (Å²) >= 11 is 0. The Bertz CT molecular complexity index is 593. The summed E-state index contributed by atoms with van der Waals surface area (Å²) in [6.07, 6.45) is 2.13. The molecule has 5 nitrogen and oxygen atoms in total. The van der Waals surface area contributed by atoms with E-state index >= 15 is 0 Å². The molecule has 1 atom stereocenters. The van der Waals surface area contributed by atoms with Gasteiger partial charge in [0, 0.05) is 18.8 Å². The molecule has 0 radical (unpaired) electrons. The molecule has 0 aliphatic carbocycles. The quantitative estimate of drug-likeness (QED) is 0.915. The number of anilines is 1. The minimum Gasteiger partial charge on any atom is -0.444 e. The maximum Gasteiger partial charge on any atom is 0.410 e. The molecule has 1 saturated heterocycles. The first-order chi connectivity index (χ1) is 11.3. The summed E-state index contributed by atoms with van der Waals surface area (Å²) in [6.45, 7) is 8.66. The number of ether oxygens (including phenoxy) is 1. The van der Waals surface area contributed by atoms with E-state index in [1.807, 2.05) is 45.0 Å². The lowest BCUT2D eigenvalue weighted by molar-refractivity contribution is -0.121. The van der Waals surface area contributed by atoms with Crippen LogP contribution in [-0.4, -0.2) is 35.6 Å². The van der Waals surface area contributed by atoms with Crippen LogP contribution in [0.3, 0.4) is 0 Å². The Morgan fingerprint density at radius 1 is 1.29 bits per heavy atom. The predicted molar refractivity (Wildman–Crippen MR) is 95.0 cm³/mol. The number of nitrogens with one attached hydrogen (secondary N) is 1. The van der Waals surface area contributed by atoms with Crippen LogP contribution < -0.4 is 5.32 Å². The van der Waals surface area contributed by atoms with Crippen LogP contribution in [0.1, 0.15) is 46.1 Å². The van der Waals surface area contributed by atoms with Gasteiger partial charge in [0.1, 0.15) is 5.60 Å². The summed E-state index contributed by atoms with van der Waals surface area (Å²) in [7, 11) is 0. The van der Waals surface area contributed by atoms with Gasteiger partial charge >= 0.3 is 6.09 Å². The number of aryl methyl sites for hydroxylation is 1. The number of carbonyl (C=O) groups excluding carboxylic acids is 2. The van der Waals surface area contributed by atoms with Gasteiger partial charge in [0.2, 0.25) is 5.91 Å². The normalized spacial score (nSPS) is 18.2. The van der Waals surface area contributed by atoms with Gasteiger partial charge in [0.15, 0.2) is 0 Å². The minimum absolute atomic E-state index is 0.0239. The Labute approximate surface area is 144 Å². The standard InChI is InChI=1S/C19H28N2O3/c1-5-14-9-6-7-11-16(14)20-17(22)15-10-8-12-21(13-15)18(23)24-19(2,3)4/h6-7,9,11,15H,5,8,10,12-13H2,1-4H3,(H,20,22). The molecule has 1 aliphatic rings. The summed E-state index contributed by atoms with van der Waals surface area (Å²) in [4.78, 5) is 26.5. The minimum atomic E-state index is -0.521. The summed E-state index contributed by atoms with van der Waals surface area (Å²) in [5.41, 5.74) is 1.46. The fourth-order valence-electron chi connectivity index (χ4n) is 2.87. The van der Waals surface area contributed by atoms with Crippen molar-refractivity contribution >= 4 is 17.7 Å². The van der Waals surface area contributed by atoms with Crippen molar-refractivity contribution in [3.8, 4) is 0 Å². The first kappa shape index (κ1) is 18.3. The van der Waals surface area contributed by atoms with Gasteiger partial charge in [-0.05, 0) is 51.7 Å². The van der Waals surface area contributed by atoms with E-state index < -0.39 is 5.60 Å². The average molecular weight is 332 g/mol. The van der Waals surface area contributed by atoms with Crippen LogP contribution in [0.2, 0.25) is 0 Å². The second-order valence-corrected chi connectivity index (χ2v) is 7.27. The van der Waals surface area contributed by atoms with Crippen molar-refractivity contribution in [2.75, 3.05) is 18.4 Å². The van der Waals surface area contributed by atoms with Gasteiger partial charge < -0.3 is 15.0 Å². The Morgan fingerprint density at radius 2 is 2.00 bits per heavy atom. The van der Waals surface area contributed by atoms with Crippen LogP contribution in [0.25, 0.3) is 0 Å². The number of hydrogen-bond acceptors (Lipinski definition) is 3. The van der Waals surface area contributed by atoms with E-state index in [0.29, 0.717) is 13.1 Å². The molecule has 1 fully saturated rings. The third-order valence-corrected chi connectivity index (χ3v) is 4.10. The van der Waals surface area contributed by atoms with E-state index in [9.17, 15) is 9.59 Å². The Morgan fingerprint density at radius 3 is 2.67 bits per heavy atom. The SMILES string of the molecule is CCc1ccccc1NC(=O)C1CCCN(C(=O)OC(C)(C)C)C1. The molecular formula is C19H28N2O3. The second-order valence-electron chi connectivity index (χ2n) is 7.27. The first-order valence-electron chi connectivity index (χ1n) is 8.67. The number of rotatable bonds is 3. The lowest BCUT2D eigenvalue weighted by atomic mass is 9.97. The third kappa shape index (κ3) is 4.98. The molecule has 2 rings (SSSR count). The van der Waals surface area contributed by atoms with Crippen molar-refractivity contribution in [2.24, 2.45) is 5.92 Å². The molecule has 2 amide bonds. The summed E-state index contributed by atoms with van der Waals surface area (Å²) < 4.78 is 5.42. The Balaban J connectivity index is 1.98. The molecule has 132 valence electrons. The van der Waals surface area contributed by atoms with Crippen LogP contribution >= 0.6 is 0 Å². The summed E-state index contributed by atoms with van der Waals surface area (Å²) in [6, 6.07) is 7.83. The molecule has 1 unspecified atom stereocenters. The maximum atomic E-state index is 12.6. The topological polar surface area (TPSA) is 58.6 Å². The molecule has 5 heteroatoms. The average Bonchev–Trinajstić information content (AvgIpc) is 2.54. The molecule has 1 aliphatic heterocycles. The van der Waals surface area contributed by atoms with Crippen molar-refractivity contribution < 1.29 is 14.3 Å². The van der Waals surface area contributed by atoms with Gasteiger partial charge in [-0.3, -0.25) is 4.79 Å². The number of carbonyl (C=O) groups is 2. The number of hydrogen-bond donors (Lipinski definition) is 1. The lowest BCUT2D eigenvalue weighted by Crippen LogP contribution is -2.45. The Kier molecular flexibility index (Phi) is 5.86. The number of nitrogens with zero attached hydrogens (tertiary/aromatic N) is 1. The largest absolute Gasteiger partial charge is 0.444 e. The van der Waals surface area contributed by atoms with E-state index in [1.54, 1.807) is 4.90 Å². The fraction of sp³-hybridized carbons (Fsp3) is 0.579. The molecular weight excluding hydrogens is 304 g/mol. The maximum absolute atomic E-state index is 12.6. The van der Waals surface area contributed by atoms with Crippen molar-refractivity contribution in [3.05, 3.63) is 29.8 Å². The van der Waals surface area contributed by atoms with Crippen LogP contribution in [0.4, 0.5) is 10.5 Å². The van der Waals surface area contributed by atoms with Gasteiger partial charge in [-0.25, -0.2) is 4.79 Å². The summed E-state index contributed by atoms with van der Waals surface area (Å²) in [5, 5.41) is 3.02. The molecule has 1 heterocycles.